The van der Waals surface area contributed by atoms with Crippen LogP contribution in [0.1, 0.15) is 6.92 Å². The van der Waals surface area contributed by atoms with E-state index in [1.807, 2.05) is 0 Å². The van der Waals surface area contributed by atoms with E-state index in [4.69, 9.17) is 4.74 Å². The van der Waals surface area contributed by atoms with Crippen molar-refractivity contribution in [1.82, 2.24) is 5.32 Å². The summed E-state index contributed by atoms with van der Waals surface area (Å²) in [6.45, 7) is 1.25. The SMILES string of the molecule is CN[C@@H]1C(O)C(O)OC(C(C)=O)[C@H]1O. The Balaban J connectivity index is 2.80. The second kappa shape index (κ2) is 4.33. The fraction of sp³-hybridized carbons (Fsp3) is 0.875. The Hall–Kier alpha value is -0.530. The molecule has 3 unspecified atom stereocenters. The van der Waals surface area contributed by atoms with Crippen LogP contribution in [-0.2, 0) is 9.53 Å². The molecule has 1 aliphatic rings. The van der Waals surface area contributed by atoms with E-state index >= 15 is 0 Å². The van der Waals surface area contributed by atoms with Gasteiger partial charge in [-0.15, -0.1) is 0 Å². The van der Waals surface area contributed by atoms with Crippen molar-refractivity contribution < 1.29 is 24.9 Å². The van der Waals surface area contributed by atoms with E-state index in [9.17, 15) is 20.1 Å². The Bertz CT molecular complexity index is 222. The lowest BCUT2D eigenvalue weighted by molar-refractivity contribution is -0.249. The van der Waals surface area contributed by atoms with Crippen LogP contribution in [0.15, 0.2) is 0 Å². The summed E-state index contributed by atoms with van der Waals surface area (Å²) in [5, 5.41) is 30.9. The quantitative estimate of drug-likeness (QED) is 0.401. The number of ether oxygens (including phenoxy) is 1. The Morgan fingerprint density at radius 2 is 1.86 bits per heavy atom. The first-order valence-electron chi connectivity index (χ1n) is 4.36. The standard InChI is InChI=1S/C8H15NO5/c1-3(10)7-5(11)4(9-2)6(12)8(13)14-7/h4-9,11-13H,1-2H3/t4-,5-,6?,7?,8?/m0/s1. The van der Waals surface area contributed by atoms with Crippen molar-refractivity contribution in [3.63, 3.8) is 0 Å². The molecule has 0 aromatic rings. The van der Waals surface area contributed by atoms with Crippen molar-refractivity contribution in [2.24, 2.45) is 0 Å². The van der Waals surface area contributed by atoms with Gasteiger partial charge in [-0.3, -0.25) is 4.79 Å². The van der Waals surface area contributed by atoms with Gasteiger partial charge in [-0.2, -0.15) is 0 Å². The van der Waals surface area contributed by atoms with Gasteiger partial charge in [0.2, 0.25) is 0 Å². The van der Waals surface area contributed by atoms with Gasteiger partial charge in [0.25, 0.3) is 0 Å². The van der Waals surface area contributed by atoms with Gasteiger partial charge < -0.3 is 25.4 Å². The minimum Gasteiger partial charge on any atom is -0.388 e. The van der Waals surface area contributed by atoms with Crippen LogP contribution in [-0.4, -0.2) is 58.8 Å². The van der Waals surface area contributed by atoms with Crippen LogP contribution in [0.25, 0.3) is 0 Å². The first-order chi connectivity index (χ1) is 6.49. The second-order valence-corrected chi connectivity index (χ2v) is 3.35. The Labute approximate surface area is 81.5 Å². The molecule has 0 aromatic carbocycles. The van der Waals surface area contributed by atoms with Crippen molar-refractivity contribution in [3.8, 4) is 0 Å². The van der Waals surface area contributed by atoms with Crippen LogP contribution in [0, 0.1) is 0 Å². The van der Waals surface area contributed by atoms with Crippen molar-refractivity contribution in [1.29, 1.82) is 0 Å². The van der Waals surface area contributed by atoms with E-state index in [1.165, 1.54) is 14.0 Å². The molecule has 0 spiro atoms. The monoisotopic (exact) mass is 205 g/mol. The summed E-state index contributed by atoms with van der Waals surface area (Å²) < 4.78 is 4.77. The second-order valence-electron chi connectivity index (χ2n) is 3.35. The normalized spacial score (nSPS) is 43.6. The molecule has 14 heavy (non-hydrogen) atoms. The van der Waals surface area contributed by atoms with Gasteiger partial charge in [0, 0.05) is 0 Å². The lowest BCUT2D eigenvalue weighted by atomic mass is 9.94. The Morgan fingerprint density at radius 1 is 1.29 bits per heavy atom. The van der Waals surface area contributed by atoms with E-state index in [1.54, 1.807) is 0 Å². The highest BCUT2D eigenvalue weighted by Crippen LogP contribution is 2.20. The number of rotatable bonds is 2. The zero-order valence-electron chi connectivity index (χ0n) is 8.04. The van der Waals surface area contributed by atoms with Crippen molar-refractivity contribution >= 4 is 5.78 Å². The van der Waals surface area contributed by atoms with Crippen LogP contribution in [0.2, 0.25) is 0 Å². The van der Waals surface area contributed by atoms with Gasteiger partial charge in [-0.1, -0.05) is 0 Å². The molecule has 0 aromatic heterocycles. The molecule has 1 fully saturated rings. The highest BCUT2D eigenvalue weighted by Gasteiger charge is 2.44. The van der Waals surface area contributed by atoms with Crippen molar-refractivity contribution in [2.75, 3.05) is 7.05 Å². The number of carbonyl (C=O) groups excluding carboxylic acids is 1. The van der Waals surface area contributed by atoms with Crippen LogP contribution in [0.5, 0.6) is 0 Å². The summed E-state index contributed by atoms with van der Waals surface area (Å²) in [7, 11) is 1.52. The van der Waals surface area contributed by atoms with Crippen molar-refractivity contribution in [2.45, 2.75) is 37.6 Å². The highest BCUT2D eigenvalue weighted by atomic mass is 16.6. The smallest absolute Gasteiger partial charge is 0.183 e. The number of hydrogen-bond donors (Lipinski definition) is 4. The summed E-state index contributed by atoms with van der Waals surface area (Å²) in [4.78, 5) is 11.0. The van der Waals surface area contributed by atoms with Gasteiger partial charge in [-0.25, -0.2) is 0 Å². The molecule has 1 heterocycles. The van der Waals surface area contributed by atoms with Gasteiger partial charge in [-0.05, 0) is 14.0 Å². The number of ketones is 1. The molecule has 1 saturated heterocycles. The molecule has 0 radical (unpaired) electrons. The van der Waals surface area contributed by atoms with Crippen LogP contribution in [0.4, 0.5) is 0 Å². The van der Waals surface area contributed by atoms with Crippen LogP contribution in [0.3, 0.4) is 0 Å². The molecule has 6 heteroatoms. The molecule has 0 saturated carbocycles. The fourth-order valence-electron chi connectivity index (χ4n) is 1.56. The van der Waals surface area contributed by atoms with E-state index in [-0.39, 0.29) is 5.78 Å². The van der Waals surface area contributed by atoms with E-state index in [2.05, 4.69) is 5.32 Å². The maximum atomic E-state index is 11.0. The fourth-order valence-corrected chi connectivity index (χ4v) is 1.56. The van der Waals surface area contributed by atoms with Gasteiger partial charge in [0.15, 0.2) is 12.1 Å². The molecule has 6 nitrogen and oxygen atoms in total. The highest BCUT2D eigenvalue weighted by molar-refractivity contribution is 5.81. The minimum absolute atomic E-state index is 0.385. The first-order valence-corrected chi connectivity index (χ1v) is 4.36. The molecular weight excluding hydrogens is 190 g/mol. The predicted molar refractivity (Wildman–Crippen MR) is 46.4 cm³/mol. The number of aliphatic hydroxyl groups is 3. The number of nitrogens with one attached hydrogen (secondary N) is 1. The van der Waals surface area contributed by atoms with E-state index in [0.29, 0.717) is 0 Å². The number of aliphatic hydroxyl groups excluding tert-OH is 3. The largest absolute Gasteiger partial charge is 0.388 e. The molecule has 0 amide bonds. The number of likely N-dealkylation sites (N-methyl/N-ethyl adjacent to an activating group) is 1. The lowest BCUT2D eigenvalue weighted by Gasteiger charge is -2.39. The summed E-state index contributed by atoms with van der Waals surface area (Å²) in [6.07, 6.45) is -4.95. The summed E-state index contributed by atoms with van der Waals surface area (Å²) in [6, 6.07) is -0.771. The van der Waals surface area contributed by atoms with Gasteiger partial charge >= 0.3 is 0 Å². The first kappa shape index (κ1) is 11.5. The maximum absolute atomic E-state index is 11.0. The topological polar surface area (TPSA) is 99.0 Å². The molecule has 4 N–H and O–H groups in total. The minimum atomic E-state index is -1.45. The Kier molecular flexibility index (Phi) is 3.57. The molecular formula is C8H15NO5. The molecule has 1 aliphatic heterocycles. The zero-order chi connectivity index (χ0) is 10.9. The molecule has 0 bridgehead atoms. The summed E-state index contributed by atoms with van der Waals surface area (Å²) in [5.41, 5.74) is 0. The third-order valence-corrected chi connectivity index (χ3v) is 2.36. The molecule has 1 rings (SSSR count). The number of Topliss-reactive ketones (excluding diaryl/α,β-unsaturated/α-hetero) is 1. The molecule has 0 aliphatic carbocycles. The summed E-state index contributed by atoms with van der Waals surface area (Å²) in [5.74, 6) is -0.385. The van der Waals surface area contributed by atoms with Gasteiger partial charge in [0.05, 0.1) is 6.04 Å². The summed E-state index contributed by atoms with van der Waals surface area (Å²) >= 11 is 0. The predicted octanol–water partition coefficient (Wildman–Crippen LogP) is -2.40. The van der Waals surface area contributed by atoms with Crippen molar-refractivity contribution in [3.05, 3.63) is 0 Å². The zero-order valence-corrected chi connectivity index (χ0v) is 8.04. The maximum Gasteiger partial charge on any atom is 0.183 e. The van der Waals surface area contributed by atoms with Gasteiger partial charge in [0.1, 0.15) is 18.3 Å². The number of hydrogen-bond acceptors (Lipinski definition) is 6. The lowest BCUT2D eigenvalue weighted by Crippen LogP contribution is -2.63. The third kappa shape index (κ3) is 1.94. The average Bonchev–Trinajstić information content (AvgIpc) is 2.12. The molecule has 82 valence electrons. The molecule has 5 atom stereocenters. The number of carbonyl (C=O) groups is 1. The van der Waals surface area contributed by atoms with Crippen LogP contribution < -0.4 is 5.32 Å². The van der Waals surface area contributed by atoms with E-state index in [0.717, 1.165) is 0 Å². The third-order valence-electron chi connectivity index (χ3n) is 2.36. The van der Waals surface area contributed by atoms with Crippen LogP contribution >= 0.6 is 0 Å². The Morgan fingerprint density at radius 3 is 2.29 bits per heavy atom. The average molecular weight is 205 g/mol. The van der Waals surface area contributed by atoms with E-state index < -0.39 is 30.6 Å².